The fourth-order valence-electron chi connectivity index (χ4n) is 4.72. The molecule has 1 atom stereocenters. The summed E-state index contributed by atoms with van der Waals surface area (Å²) in [5, 5.41) is 4.54. The van der Waals surface area contributed by atoms with Crippen LogP contribution in [-0.4, -0.2) is 29.5 Å². The van der Waals surface area contributed by atoms with Gasteiger partial charge in [0.1, 0.15) is 17.2 Å². The summed E-state index contributed by atoms with van der Waals surface area (Å²) in [4.78, 5) is 35.9. The van der Waals surface area contributed by atoms with Crippen LogP contribution in [0.15, 0.2) is 84.0 Å². The number of nitrogens with two attached hydrogens (primary N) is 1. The van der Waals surface area contributed by atoms with Gasteiger partial charge in [-0.3, -0.25) is 14.3 Å². The van der Waals surface area contributed by atoms with E-state index in [2.05, 4.69) is 30.2 Å². The normalized spacial score (nSPS) is 12.1. The Morgan fingerprint density at radius 1 is 0.974 bits per heavy atom. The molecule has 10 heteroatoms. The third kappa shape index (κ3) is 4.42. The predicted octanol–water partition coefficient (Wildman–Crippen LogP) is 4.99. The molecule has 0 spiro atoms. The molecule has 0 aliphatic carbocycles. The van der Waals surface area contributed by atoms with Gasteiger partial charge < -0.3 is 11.1 Å². The lowest BCUT2D eigenvalue weighted by Gasteiger charge is -2.22. The first-order valence-electron chi connectivity index (χ1n) is 12.3. The smallest absolute Gasteiger partial charge is 0.263 e. The zero-order valence-corrected chi connectivity index (χ0v) is 21.1. The Kier molecular flexibility index (Phi) is 5.91. The third-order valence-electron chi connectivity index (χ3n) is 6.50. The first-order chi connectivity index (χ1) is 18.9. The van der Waals surface area contributed by atoms with Gasteiger partial charge in [-0.1, -0.05) is 24.3 Å². The number of rotatable bonds is 5. The maximum absolute atomic E-state index is 14.4. The second kappa shape index (κ2) is 9.56. The minimum atomic E-state index is -0.462. The second-order valence-electron chi connectivity index (χ2n) is 9.15. The number of hydrogen-bond donors (Lipinski definition) is 2. The van der Waals surface area contributed by atoms with E-state index in [9.17, 15) is 9.18 Å². The summed E-state index contributed by atoms with van der Waals surface area (Å²) in [6.45, 7) is 3.69. The van der Waals surface area contributed by atoms with Crippen LogP contribution in [0.4, 0.5) is 16.2 Å². The number of anilines is 2. The van der Waals surface area contributed by atoms with Gasteiger partial charge in [0, 0.05) is 29.8 Å². The van der Waals surface area contributed by atoms with Crippen LogP contribution in [0.25, 0.3) is 38.6 Å². The first kappa shape index (κ1) is 24.1. The van der Waals surface area contributed by atoms with Gasteiger partial charge in [0.15, 0.2) is 5.82 Å². The van der Waals surface area contributed by atoms with E-state index in [0.29, 0.717) is 50.6 Å². The fraction of sp³-hybridized carbons (Fsp3) is 0.103. The minimum absolute atomic E-state index is 0.0937. The van der Waals surface area contributed by atoms with Crippen molar-refractivity contribution in [2.45, 2.75) is 19.9 Å². The molecule has 0 aliphatic rings. The van der Waals surface area contributed by atoms with Crippen molar-refractivity contribution in [3.8, 4) is 16.8 Å². The number of nitrogens with zero attached hydrogens (tertiary/aromatic N) is 6. The monoisotopic (exact) mass is 518 g/mol. The highest BCUT2D eigenvalue weighted by Gasteiger charge is 2.20. The molecule has 3 N–H and O–H groups in total. The summed E-state index contributed by atoms with van der Waals surface area (Å²) < 4.78 is 15.9. The number of fused-ring (bicyclic) bond motifs is 2. The Labute approximate surface area is 222 Å². The van der Waals surface area contributed by atoms with Crippen LogP contribution in [0.5, 0.6) is 0 Å². The summed E-state index contributed by atoms with van der Waals surface area (Å²) in [6.07, 6.45) is 5.03. The Balaban J connectivity index is 1.58. The van der Waals surface area contributed by atoms with Gasteiger partial charge in [-0.15, -0.1) is 0 Å². The summed E-state index contributed by atoms with van der Waals surface area (Å²) in [5.74, 6) is 0.696. The number of aryl methyl sites for hydroxylation is 1. The molecule has 6 rings (SSSR count). The van der Waals surface area contributed by atoms with Crippen LogP contribution in [0.1, 0.15) is 24.5 Å². The predicted molar refractivity (Wildman–Crippen MR) is 149 cm³/mol. The van der Waals surface area contributed by atoms with Crippen molar-refractivity contribution in [1.82, 2.24) is 29.5 Å². The second-order valence-corrected chi connectivity index (χ2v) is 9.15. The molecule has 0 aliphatic heterocycles. The minimum Gasteiger partial charge on any atom is -0.368 e. The van der Waals surface area contributed by atoms with Gasteiger partial charge in [-0.2, -0.15) is 4.98 Å². The molecule has 9 nitrogen and oxygen atoms in total. The van der Waals surface area contributed by atoms with E-state index in [1.54, 1.807) is 49.8 Å². The van der Waals surface area contributed by atoms with E-state index >= 15 is 0 Å². The Morgan fingerprint density at radius 2 is 1.77 bits per heavy atom. The van der Waals surface area contributed by atoms with Crippen molar-refractivity contribution in [2.24, 2.45) is 0 Å². The highest BCUT2D eigenvalue weighted by molar-refractivity contribution is 5.96. The lowest BCUT2D eigenvalue weighted by atomic mass is 9.99. The number of nitrogen functional groups attached to an aromatic ring is 1. The van der Waals surface area contributed by atoms with Gasteiger partial charge in [-0.25, -0.2) is 19.3 Å². The topological polar surface area (TPSA) is 124 Å². The largest absolute Gasteiger partial charge is 0.368 e. The third-order valence-corrected chi connectivity index (χ3v) is 6.50. The van der Waals surface area contributed by atoms with Crippen molar-refractivity contribution < 1.29 is 4.39 Å². The number of hydrogen-bond acceptors (Lipinski definition) is 8. The van der Waals surface area contributed by atoms with Gasteiger partial charge in [0.2, 0.25) is 5.95 Å². The fourth-order valence-corrected chi connectivity index (χ4v) is 4.72. The molecule has 192 valence electrons. The summed E-state index contributed by atoms with van der Waals surface area (Å²) >= 11 is 0. The van der Waals surface area contributed by atoms with Gasteiger partial charge >= 0.3 is 0 Å². The molecule has 0 fully saturated rings. The number of halogens is 1. The zero-order valence-electron chi connectivity index (χ0n) is 21.1. The Morgan fingerprint density at radius 3 is 2.56 bits per heavy atom. The molecule has 0 amide bonds. The molecule has 6 aromatic rings. The molecule has 0 saturated heterocycles. The van der Waals surface area contributed by atoms with Crippen LogP contribution < -0.4 is 16.6 Å². The lowest BCUT2D eigenvalue weighted by molar-refractivity contribution is 0.625. The molecule has 2 aromatic carbocycles. The van der Waals surface area contributed by atoms with E-state index in [0.717, 1.165) is 5.39 Å². The van der Waals surface area contributed by atoms with E-state index in [1.807, 2.05) is 31.2 Å². The van der Waals surface area contributed by atoms with E-state index < -0.39 is 11.9 Å². The molecule has 39 heavy (non-hydrogen) atoms. The molecule has 0 bridgehead atoms. The van der Waals surface area contributed by atoms with Crippen LogP contribution in [0.2, 0.25) is 0 Å². The number of benzene rings is 2. The quantitative estimate of drug-likeness (QED) is 0.327. The number of pyridine rings is 2. The SMILES string of the molecule is Cc1ncc(-c2cccc3cc([C@H](C)Nc4nc(N)nc5cccnc45)n(-c4cccc(F)c4)c(=O)c23)cn1. The van der Waals surface area contributed by atoms with Crippen molar-refractivity contribution in [1.29, 1.82) is 0 Å². The molecule has 0 unspecified atom stereocenters. The van der Waals surface area contributed by atoms with Crippen molar-refractivity contribution in [3.63, 3.8) is 0 Å². The first-order valence-corrected chi connectivity index (χ1v) is 12.3. The van der Waals surface area contributed by atoms with Gasteiger partial charge in [-0.05, 0) is 61.2 Å². The van der Waals surface area contributed by atoms with Crippen molar-refractivity contribution in [3.05, 3.63) is 107 Å². The Bertz CT molecular complexity index is 1920. The highest BCUT2D eigenvalue weighted by Crippen LogP contribution is 2.30. The maximum atomic E-state index is 14.4. The molecule has 4 heterocycles. The summed E-state index contributed by atoms with van der Waals surface area (Å²) in [7, 11) is 0. The van der Waals surface area contributed by atoms with Crippen molar-refractivity contribution in [2.75, 3.05) is 11.1 Å². The van der Waals surface area contributed by atoms with Gasteiger partial charge in [0.25, 0.3) is 5.56 Å². The number of aromatic nitrogens is 6. The van der Waals surface area contributed by atoms with E-state index in [-0.39, 0.29) is 11.5 Å². The molecule has 0 radical (unpaired) electrons. The van der Waals surface area contributed by atoms with E-state index in [4.69, 9.17) is 5.73 Å². The lowest BCUT2D eigenvalue weighted by Crippen LogP contribution is -2.26. The average Bonchev–Trinajstić information content (AvgIpc) is 2.93. The average molecular weight is 519 g/mol. The molecular formula is C29H23FN8O. The molecule has 0 saturated carbocycles. The Hall–Kier alpha value is -5.25. The number of nitrogens with one attached hydrogen (secondary N) is 1. The summed E-state index contributed by atoms with van der Waals surface area (Å²) in [5.41, 5.74) is 9.17. The summed E-state index contributed by atoms with van der Waals surface area (Å²) in [6, 6.07) is 16.6. The molecule has 4 aromatic heterocycles. The van der Waals surface area contributed by atoms with E-state index in [1.165, 1.54) is 16.7 Å². The van der Waals surface area contributed by atoms with Crippen LogP contribution >= 0.6 is 0 Å². The van der Waals surface area contributed by atoms with Crippen LogP contribution in [0, 0.1) is 12.7 Å². The standard InChI is InChI=1S/C29H23FN8O/c1-16(35-27-26-23(10-5-11-32-26)36-29(31)37-27)24-12-18-6-3-9-22(19-14-33-17(2)34-15-19)25(18)28(39)38(24)21-8-4-7-20(30)13-21/h3-16H,1-2H3,(H3,31,35,36,37)/t16-/m0/s1. The van der Waals surface area contributed by atoms with Crippen LogP contribution in [0.3, 0.4) is 0 Å². The zero-order chi connectivity index (χ0) is 27.1. The maximum Gasteiger partial charge on any atom is 0.263 e. The van der Waals surface area contributed by atoms with Crippen molar-refractivity contribution >= 4 is 33.6 Å². The highest BCUT2D eigenvalue weighted by atomic mass is 19.1. The van der Waals surface area contributed by atoms with Crippen LogP contribution in [-0.2, 0) is 0 Å². The van der Waals surface area contributed by atoms with Gasteiger partial charge in [0.05, 0.1) is 22.6 Å². The molecular weight excluding hydrogens is 495 g/mol.